The van der Waals surface area contributed by atoms with Gasteiger partial charge in [-0.3, -0.25) is 0 Å². The van der Waals surface area contributed by atoms with Gasteiger partial charge in [0.1, 0.15) is 11.6 Å². The zero-order chi connectivity index (χ0) is 14.4. The fraction of sp³-hybridized carbons (Fsp3) is 0.733. The summed E-state index contributed by atoms with van der Waals surface area (Å²) >= 11 is 0. The van der Waals surface area contributed by atoms with Crippen molar-refractivity contribution >= 4 is 5.82 Å². The van der Waals surface area contributed by atoms with E-state index in [1.807, 2.05) is 0 Å². The lowest BCUT2D eigenvalue weighted by Gasteiger charge is -2.15. The van der Waals surface area contributed by atoms with Gasteiger partial charge in [-0.25, -0.2) is 10.8 Å². The molecule has 1 aliphatic rings. The number of ether oxygens (including phenoxy) is 1. The SMILES string of the molecule is CCCCCCC(C)Oc1cc(NN)nc(C2CC2)n1. The largest absolute Gasteiger partial charge is 0.475 e. The average Bonchev–Trinajstić information content (AvgIpc) is 3.28. The van der Waals surface area contributed by atoms with Gasteiger partial charge >= 0.3 is 0 Å². The maximum atomic E-state index is 5.91. The summed E-state index contributed by atoms with van der Waals surface area (Å²) in [6.45, 7) is 4.32. The van der Waals surface area contributed by atoms with Crippen molar-refractivity contribution in [3.8, 4) is 5.88 Å². The molecule has 0 radical (unpaired) electrons. The monoisotopic (exact) mass is 278 g/mol. The molecule has 5 nitrogen and oxygen atoms in total. The Bertz CT molecular complexity index is 420. The Hall–Kier alpha value is -1.36. The van der Waals surface area contributed by atoms with E-state index in [9.17, 15) is 0 Å². The second-order valence-corrected chi connectivity index (χ2v) is 5.65. The summed E-state index contributed by atoms with van der Waals surface area (Å²) in [6, 6.07) is 1.77. The number of nitrogens with zero attached hydrogens (tertiary/aromatic N) is 2. The van der Waals surface area contributed by atoms with Crippen LogP contribution in [0.25, 0.3) is 0 Å². The number of aromatic nitrogens is 2. The molecule has 1 aromatic heterocycles. The van der Waals surface area contributed by atoms with E-state index in [4.69, 9.17) is 10.6 Å². The molecular formula is C15H26N4O. The number of hydrogen-bond donors (Lipinski definition) is 2. The van der Waals surface area contributed by atoms with Gasteiger partial charge in [0.05, 0.1) is 6.10 Å². The van der Waals surface area contributed by atoms with Gasteiger partial charge in [0.25, 0.3) is 0 Å². The number of unbranched alkanes of at least 4 members (excludes halogenated alkanes) is 3. The summed E-state index contributed by atoms with van der Waals surface area (Å²) in [5.74, 6) is 8.07. The second kappa shape index (κ2) is 7.43. The van der Waals surface area contributed by atoms with Crippen molar-refractivity contribution in [1.82, 2.24) is 9.97 Å². The van der Waals surface area contributed by atoms with Crippen LogP contribution < -0.4 is 16.0 Å². The maximum Gasteiger partial charge on any atom is 0.219 e. The molecule has 1 saturated carbocycles. The molecular weight excluding hydrogens is 252 g/mol. The van der Waals surface area contributed by atoms with E-state index in [-0.39, 0.29) is 6.10 Å². The Morgan fingerprint density at radius 2 is 2.15 bits per heavy atom. The first-order valence-corrected chi connectivity index (χ1v) is 7.75. The van der Waals surface area contributed by atoms with Crippen molar-refractivity contribution in [2.24, 2.45) is 5.84 Å². The van der Waals surface area contributed by atoms with Crippen LogP contribution in [0.3, 0.4) is 0 Å². The van der Waals surface area contributed by atoms with Crippen molar-refractivity contribution in [2.75, 3.05) is 5.43 Å². The zero-order valence-corrected chi connectivity index (χ0v) is 12.6. The lowest BCUT2D eigenvalue weighted by molar-refractivity contribution is 0.197. The lowest BCUT2D eigenvalue weighted by atomic mass is 10.1. The Balaban J connectivity index is 1.88. The summed E-state index contributed by atoms with van der Waals surface area (Å²) in [5, 5.41) is 0. The van der Waals surface area contributed by atoms with Gasteiger partial charge in [-0.15, -0.1) is 0 Å². The highest BCUT2D eigenvalue weighted by Gasteiger charge is 2.27. The quantitative estimate of drug-likeness (QED) is 0.411. The van der Waals surface area contributed by atoms with Gasteiger partial charge in [0.2, 0.25) is 5.88 Å². The van der Waals surface area contributed by atoms with Crippen molar-refractivity contribution < 1.29 is 4.74 Å². The van der Waals surface area contributed by atoms with Crippen LogP contribution in [0.15, 0.2) is 6.07 Å². The van der Waals surface area contributed by atoms with Gasteiger partial charge in [-0.2, -0.15) is 4.98 Å². The topological polar surface area (TPSA) is 73.1 Å². The highest BCUT2D eigenvalue weighted by atomic mass is 16.5. The molecule has 1 heterocycles. The molecule has 1 unspecified atom stereocenters. The summed E-state index contributed by atoms with van der Waals surface area (Å²) in [5.41, 5.74) is 2.59. The van der Waals surface area contributed by atoms with Crippen LogP contribution in [0.5, 0.6) is 5.88 Å². The van der Waals surface area contributed by atoms with E-state index in [1.165, 1.54) is 38.5 Å². The van der Waals surface area contributed by atoms with Gasteiger partial charge < -0.3 is 10.2 Å². The smallest absolute Gasteiger partial charge is 0.219 e. The van der Waals surface area contributed by atoms with Crippen LogP contribution in [0.1, 0.15) is 70.5 Å². The fourth-order valence-corrected chi connectivity index (χ4v) is 2.22. The number of rotatable bonds is 9. The first-order valence-electron chi connectivity index (χ1n) is 7.75. The summed E-state index contributed by atoms with van der Waals surface area (Å²) < 4.78 is 5.91. The number of anilines is 1. The molecule has 1 fully saturated rings. The minimum Gasteiger partial charge on any atom is -0.475 e. The number of nitrogens with one attached hydrogen (secondary N) is 1. The molecule has 0 aromatic carbocycles. The normalized spacial score (nSPS) is 15.9. The first kappa shape index (κ1) is 15.0. The molecule has 0 amide bonds. The van der Waals surface area contributed by atoms with Gasteiger partial charge in [-0.05, 0) is 32.6 Å². The molecule has 0 saturated heterocycles. The van der Waals surface area contributed by atoms with E-state index in [0.717, 1.165) is 12.2 Å². The molecule has 1 aliphatic carbocycles. The van der Waals surface area contributed by atoms with Crippen molar-refractivity contribution in [3.05, 3.63) is 11.9 Å². The summed E-state index contributed by atoms with van der Waals surface area (Å²) in [6.07, 6.45) is 8.62. The molecule has 3 N–H and O–H groups in total. The Labute approximate surface area is 121 Å². The first-order chi connectivity index (χ1) is 9.72. The van der Waals surface area contributed by atoms with Crippen LogP contribution in [-0.2, 0) is 0 Å². The number of nitrogens with two attached hydrogens (primary N) is 1. The predicted octanol–water partition coefficient (Wildman–Crippen LogP) is 3.38. The number of hydrazine groups is 1. The minimum atomic E-state index is 0.180. The third-order valence-corrected chi connectivity index (χ3v) is 3.60. The molecule has 112 valence electrons. The van der Waals surface area contributed by atoms with Crippen LogP contribution in [0, 0.1) is 0 Å². The maximum absolute atomic E-state index is 5.91. The molecule has 0 spiro atoms. The minimum absolute atomic E-state index is 0.180. The molecule has 1 atom stereocenters. The average molecular weight is 278 g/mol. The van der Waals surface area contributed by atoms with Crippen LogP contribution in [0.4, 0.5) is 5.82 Å². The van der Waals surface area contributed by atoms with Crippen molar-refractivity contribution in [3.63, 3.8) is 0 Å². The van der Waals surface area contributed by atoms with Gasteiger partial charge in [0.15, 0.2) is 0 Å². The summed E-state index contributed by atoms with van der Waals surface area (Å²) in [7, 11) is 0. The van der Waals surface area contributed by atoms with Crippen molar-refractivity contribution in [1.29, 1.82) is 0 Å². The summed E-state index contributed by atoms with van der Waals surface area (Å²) in [4.78, 5) is 8.88. The third kappa shape index (κ3) is 4.63. The van der Waals surface area contributed by atoms with E-state index in [2.05, 4.69) is 29.2 Å². The van der Waals surface area contributed by atoms with Gasteiger partial charge in [-0.1, -0.05) is 26.2 Å². The lowest BCUT2D eigenvalue weighted by Crippen LogP contribution is -2.15. The van der Waals surface area contributed by atoms with Gasteiger partial charge in [0, 0.05) is 12.0 Å². The standard InChI is InChI=1S/C15H26N4O/c1-3-4-5-6-7-11(2)20-14-10-13(19-16)17-15(18-14)12-8-9-12/h10-12H,3-9,16H2,1-2H3,(H,17,18,19). The van der Waals surface area contributed by atoms with E-state index in [0.29, 0.717) is 17.6 Å². The third-order valence-electron chi connectivity index (χ3n) is 3.60. The van der Waals surface area contributed by atoms with E-state index < -0.39 is 0 Å². The molecule has 0 aliphatic heterocycles. The predicted molar refractivity (Wildman–Crippen MR) is 80.7 cm³/mol. The number of hydrogen-bond acceptors (Lipinski definition) is 5. The van der Waals surface area contributed by atoms with E-state index >= 15 is 0 Å². The molecule has 0 bridgehead atoms. The second-order valence-electron chi connectivity index (χ2n) is 5.65. The molecule has 1 aromatic rings. The number of nitrogen functional groups attached to an aromatic ring is 1. The Morgan fingerprint density at radius 3 is 2.80 bits per heavy atom. The highest BCUT2D eigenvalue weighted by Crippen LogP contribution is 2.39. The molecule has 20 heavy (non-hydrogen) atoms. The van der Waals surface area contributed by atoms with E-state index in [1.54, 1.807) is 6.07 Å². The van der Waals surface area contributed by atoms with Crippen LogP contribution in [-0.4, -0.2) is 16.1 Å². The van der Waals surface area contributed by atoms with Crippen LogP contribution in [0.2, 0.25) is 0 Å². The molecule has 2 rings (SSSR count). The molecule has 5 heteroatoms. The zero-order valence-electron chi connectivity index (χ0n) is 12.6. The fourth-order valence-electron chi connectivity index (χ4n) is 2.22. The Morgan fingerprint density at radius 1 is 1.35 bits per heavy atom. The Kier molecular flexibility index (Phi) is 5.59. The van der Waals surface area contributed by atoms with Crippen LogP contribution >= 0.6 is 0 Å². The highest BCUT2D eigenvalue weighted by molar-refractivity contribution is 5.38. The van der Waals surface area contributed by atoms with Crippen molar-refractivity contribution in [2.45, 2.75) is 70.8 Å².